The van der Waals surface area contributed by atoms with Gasteiger partial charge in [0.05, 0.1) is 6.10 Å². The summed E-state index contributed by atoms with van der Waals surface area (Å²) in [5.41, 5.74) is 1.23. The topological polar surface area (TPSA) is 38.8 Å². The summed E-state index contributed by atoms with van der Waals surface area (Å²) in [6, 6.07) is 0. The van der Waals surface area contributed by atoms with Crippen molar-refractivity contribution in [1.29, 1.82) is 0 Å². The summed E-state index contributed by atoms with van der Waals surface area (Å²) in [6.07, 6.45) is 10.1. The summed E-state index contributed by atoms with van der Waals surface area (Å²) in [4.78, 5) is 11.5. The Hall–Kier alpha value is -0.830. The minimum atomic E-state index is -0.0548. The van der Waals surface area contributed by atoms with Crippen LogP contribution >= 0.6 is 0 Å². The van der Waals surface area contributed by atoms with Gasteiger partial charge in [0, 0.05) is 6.42 Å². The number of fused-ring (bicyclic) bond motifs is 1. The number of hydrogen-bond donors (Lipinski definition) is 0. The molecule has 1 heterocycles. The third kappa shape index (κ3) is 4.15. The minimum absolute atomic E-state index is 0.0548. The second kappa shape index (κ2) is 6.20. The van der Waals surface area contributed by atoms with Gasteiger partial charge in [-0.25, -0.2) is 0 Å². The summed E-state index contributed by atoms with van der Waals surface area (Å²) in [5, 5.41) is 0. The number of ether oxygens (including phenoxy) is 2. The van der Waals surface area contributed by atoms with Crippen molar-refractivity contribution in [2.75, 3.05) is 6.61 Å². The van der Waals surface area contributed by atoms with Crippen molar-refractivity contribution in [3.63, 3.8) is 0 Å². The van der Waals surface area contributed by atoms with E-state index in [9.17, 15) is 4.79 Å². The first-order valence-corrected chi connectivity index (χ1v) is 6.80. The predicted molar refractivity (Wildman–Crippen MR) is 65.7 cm³/mol. The molecule has 1 fully saturated rings. The molecule has 2 unspecified atom stereocenters. The van der Waals surface area contributed by atoms with Gasteiger partial charge in [-0.3, -0.25) is 4.79 Å². The van der Waals surface area contributed by atoms with Gasteiger partial charge in [-0.05, 0) is 24.8 Å². The molecular formula is C14H22O3. The van der Waals surface area contributed by atoms with Gasteiger partial charge in [0.25, 0.3) is 0 Å². The maximum Gasteiger partial charge on any atom is 0.306 e. The van der Waals surface area contributed by atoms with Crippen LogP contribution in [-0.2, 0) is 14.3 Å². The van der Waals surface area contributed by atoms with Crippen molar-refractivity contribution in [3.05, 3.63) is 11.6 Å². The average molecular weight is 238 g/mol. The van der Waals surface area contributed by atoms with Crippen molar-refractivity contribution in [2.24, 2.45) is 0 Å². The predicted octanol–water partition coefficient (Wildman–Crippen LogP) is 2.99. The number of esters is 1. The zero-order valence-electron chi connectivity index (χ0n) is 10.6. The van der Waals surface area contributed by atoms with Crippen LogP contribution in [0.4, 0.5) is 0 Å². The van der Waals surface area contributed by atoms with Crippen LogP contribution < -0.4 is 0 Å². The first-order valence-electron chi connectivity index (χ1n) is 6.80. The highest BCUT2D eigenvalue weighted by molar-refractivity contribution is 5.69. The van der Waals surface area contributed by atoms with Crippen molar-refractivity contribution in [2.45, 2.75) is 64.1 Å². The van der Waals surface area contributed by atoms with E-state index in [1.165, 1.54) is 18.4 Å². The van der Waals surface area contributed by atoms with Crippen molar-refractivity contribution in [3.8, 4) is 0 Å². The molecule has 0 amide bonds. The van der Waals surface area contributed by atoms with Gasteiger partial charge in [0.15, 0.2) is 0 Å². The van der Waals surface area contributed by atoms with Gasteiger partial charge >= 0.3 is 5.97 Å². The van der Waals surface area contributed by atoms with E-state index < -0.39 is 0 Å². The highest BCUT2D eigenvalue weighted by Gasteiger charge is 2.39. The molecule has 0 aromatic carbocycles. The molecular weight excluding hydrogens is 216 g/mol. The fraction of sp³-hybridized carbons (Fsp3) is 0.786. The van der Waals surface area contributed by atoms with E-state index in [0.29, 0.717) is 25.2 Å². The summed E-state index contributed by atoms with van der Waals surface area (Å²) < 4.78 is 10.7. The Bertz CT molecular complexity index is 296. The fourth-order valence-corrected chi connectivity index (χ4v) is 2.24. The van der Waals surface area contributed by atoms with Gasteiger partial charge < -0.3 is 9.47 Å². The molecule has 0 radical (unpaired) electrons. The van der Waals surface area contributed by atoms with E-state index in [2.05, 4.69) is 13.0 Å². The largest absolute Gasteiger partial charge is 0.461 e. The lowest BCUT2D eigenvalue weighted by molar-refractivity contribution is -0.142. The van der Waals surface area contributed by atoms with Crippen molar-refractivity contribution in [1.82, 2.24) is 0 Å². The van der Waals surface area contributed by atoms with Crippen LogP contribution in [0.5, 0.6) is 0 Å². The molecule has 96 valence electrons. The second-order valence-electron chi connectivity index (χ2n) is 4.97. The lowest BCUT2D eigenvalue weighted by Crippen LogP contribution is -2.11. The maximum absolute atomic E-state index is 11.5. The van der Waals surface area contributed by atoms with Crippen molar-refractivity contribution >= 4 is 5.97 Å². The van der Waals surface area contributed by atoms with E-state index in [1.807, 2.05) is 0 Å². The Balaban J connectivity index is 1.56. The molecule has 0 N–H and O–H groups in total. The lowest BCUT2D eigenvalue weighted by atomic mass is 10.0. The van der Waals surface area contributed by atoms with Gasteiger partial charge in [0.2, 0.25) is 0 Å². The normalized spacial score (nSPS) is 26.1. The molecule has 0 saturated carbocycles. The molecule has 0 aromatic heterocycles. The van der Waals surface area contributed by atoms with Crippen LogP contribution in [0.3, 0.4) is 0 Å². The van der Waals surface area contributed by atoms with E-state index in [1.54, 1.807) is 0 Å². The first-order chi connectivity index (χ1) is 8.29. The minimum Gasteiger partial charge on any atom is -0.461 e. The van der Waals surface area contributed by atoms with E-state index in [-0.39, 0.29) is 5.97 Å². The number of hydrogen-bond acceptors (Lipinski definition) is 3. The number of unbranched alkanes of at least 4 members (excludes halogenated alkanes) is 3. The Morgan fingerprint density at radius 2 is 2.35 bits per heavy atom. The molecule has 17 heavy (non-hydrogen) atoms. The number of epoxide rings is 1. The number of rotatable bonds is 7. The smallest absolute Gasteiger partial charge is 0.306 e. The standard InChI is InChI=1S/C14H22O3/c1-2-3-4-5-6-14(15)16-10-11-7-8-12-13(9-11)17-12/h9,12-13H,2-8,10H2,1H3. The molecule has 0 aromatic rings. The second-order valence-corrected chi connectivity index (χ2v) is 4.97. The van der Waals surface area contributed by atoms with Gasteiger partial charge in [-0.1, -0.05) is 32.3 Å². The number of carbonyl (C=O) groups is 1. The summed E-state index contributed by atoms with van der Waals surface area (Å²) in [7, 11) is 0. The Kier molecular flexibility index (Phi) is 4.60. The monoisotopic (exact) mass is 238 g/mol. The lowest BCUT2D eigenvalue weighted by Gasteiger charge is -2.10. The summed E-state index contributed by atoms with van der Waals surface area (Å²) in [6.45, 7) is 2.64. The fourth-order valence-electron chi connectivity index (χ4n) is 2.24. The Labute approximate surface area is 103 Å². The van der Waals surface area contributed by atoms with Crippen LogP contribution in [0, 0.1) is 0 Å². The quantitative estimate of drug-likeness (QED) is 0.296. The Morgan fingerprint density at radius 1 is 1.47 bits per heavy atom. The summed E-state index contributed by atoms with van der Waals surface area (Å²) >= 11 is 0. The van der Waals surface area contributed by atoms with E-state index >= 15 is 0 Å². The maximum atomic E-state index is 11.5. The highest BCUT2D eigenvalue weighted by atomic mass is 16.6. The molecule has 1 aliphatic heterocycles. The molecule has 2 atom stereocenters. The van der Waals surface area contributed by atoms with Crippen LogP contribution in [0.25, 0.3) is 0 Å². The van der Waals surface area contributed by atoms with Crippen molar-refractivity contribution < 1.29 is 14.3 Å². The zero-order valence-corrected chi connectivity index (χ0v) is 10.6. The van der Waals surface area contributed by atoms with Crippen LogP contribution in [-0.4, -0.2) is 24.8 Å². The Morgan fingerprint density at radius 3 is 3.12 bits per heavy atom. The SMILES string of the molecule is CCCCCCC(=O)OCC1=CC2OC2CC1. The summed E-state index contributed by atoms with van der Waals surface area (Å²) in [5.74, 6) is -0.0548. The van der Waals surface area contributed by atoms with E-state index in [0.717, 1.165) is 25.7 Å². The van der Waals surface area contributed by atoms with Gasteiger partial charge in [-0.2, -0.15) is 0 Å². The molecule has 1 aliphatic carbocycles. The zero-order chi connectivity index (χ0) is 12.1. The number of carbonyl (C=O) groups excluding carboxylic acids is 1. The molecule has 2 rings (SSSR count). The van der Waals surface area contributed by atoms with Crippen LogP contribution in [0.2, 0.25) is 0 Å². The molecule has 3 nitrogen and oxygen atoms in total. The van der Waals surface area contributed by atoms with E-state index in [4.69, 9.17) is 9.47 Å². The average Bonchev–Trinajstić information content (AvgIpc) is 3.10. The molecule has 3 heteroatoms. The third-order valence-electron chi connectivity index (χ3n) is 3.42. The molecule has 0 spiro atoms. The third-order valence-corrected chi connectivity index (χ3v) is 3.42. The van der Waals surface area contributed by atoms with Crippen LogP contribution in [0.15, 0.2) is 11.6 Å². The molecule has 2 aliphatic rings. The van der Waals surface area contributed by atoms with Gasteiger partial charge in [0.1, 0.15) is 12.7 Å². The van der Waals surface area contributed by atoms with Gasteiger partial charge in [-0.15, -0.1) is 0 Å². The first kappa shape index (κ1) is 12.6. The molecule has 1 saturated heterocycles. The highest BCUT2D eigenvalue weighted by Crippen LogP contribution is 2.34. The van der Waals surface area contributed by atoms with Crippen LogP contribution in [0.1, 0.15) is 51.9 Å². The molecule has 0 bridgehead atoms.